The lowest BCUT2D eigenvalue weighted by atomic mass is 10.0. The molecule has 178 valence electrons. The van der Waals surface area contributed by atoms with Crippen molar-refractivity contribution in [2.24, 2.45) is 0 Å². The van der Waals surface area contributed by atoms with Crippen LogP contribution < -0.4 is 15.4 Å². The fourth-order valence-corrected chi connectivity index (χ4v) is 5.11. The molecule has 1 aliphatic rings. The highest BCUT2D eigenvalue weighted by Crippen LogP contribution is 2.16. The lowest BCUT2D eigenvalue weighted by Gasteiger charge is -2.33. The van der Waals surface area contributed by atoms with Crippen LogP contribution in [0.25, 0.3) is 0 Å². The van der Waals surface area contributed by atoms with Gasteiger partial charge >= 0.3 is 0 Å². The molecular weight excluding hydrogens is 440 g/mol. The third kappa shape index (κ3) is 7.38. The first-order chi connectivity index (χ1) is 15.6. The number of benzene rings is 2. The molecule has 9 heteroatoms. The summed E-state index contributed by atoms with van der Waals surface area (Å²) in [6.07, 6.45) is 1.64. The number of hydrogen-bond acceptors (Lipinski definition) is 5. The molecule has 2 amide bonds. The number of aryl methyl sites for hydroxylation is 1. The summed E-state index contributed by atoms with van der Waals surface area (Å²) in [5, 5.41) is 5.56. The molecule has 0 aromatic heterocycles. The second-order valence-electron chi connectivity index (χ2n) is 8.60. The van der Waals surface area contributed by atoms with Crippen LogP contribution in [0.15, 0.2) is 53.4 Å². The first-order valence-electron chi connectivity index (χ1n) is 11.1. The van der Waals surface area contributed by atoms with Crippen LogP contribution in [0.2, 0.25) is 0 Å². The number of piperidine rings is 1. The van der Waals surface area contributed by atoms with E-state index in [1.54, 1.807) is 0 Å². The first-order valence-corrected chi connectivity index (χ1v) is 12.6. The maximum atomic E-state index is 12.6. The highest BCUT2D eigenvalue weighted by molar-refractivity contribution is 7.89. The van der Waals surface area contributed by atoms with E-state index in [9.17, 15) is 18.0 Å². The van der Waals surface area contributed by atoms with Crippen LogP contribution in [-0.2, 0) is 26.2 Å². The fourth-order valence-electron chi connectivity index (χ4n) is 3.91. The monoisotopic (exact) mass is 472 g/mol. The zero-order chi connectivity index (χ0) is 24.0. The van der Waals surface area contributed by atoms with Crippen molar-refractivity contribution in [2.75, 3.05) is 18.4 Å². The van der Waals surface area contributed by atoms with E-state index in [0.29, 0.717) is 5.69 Å². The van der Waals surface area contributed by atoms with E-state index >= 15 is 0 Å². The van der Waals surface area contributed by atoms with Gasteiger partial charge in [0.2, 0.25) is 21.8 Å². The van der Waals surface area contributed by atoms with Gasteiger partial charge in [-0.3, -0.25) is 14.5 Å². The lowest BCUT2D eigenvalue weighted by molar-refractivity contribution is -0.123. The van der Waals surface area contributed by atoms with E-state index in [1.807, 2.05) is 0 Å². The van der Waals surface area contributed by atoms with Crippen molar-refractivity contribution >= 4 is 27.5 Å². The average Bonchev–Trinajstić information content (AvgIpc) is 2.75. The molecule has 1 saturated heterocycles. The van der Waals surface area contributed by atoms with Gasteiger partial charge in [0.25, 0.3) is 0 Å². The van der Waals surface area contributed by atoms with E-state index in [2.05, 4.69) is 51.4 Å². The summed E-state index contributed by atoms with van der Waals surface area (Å²) in [5.41, 5.74) is 3.03. The van der Waals surface area contributed by atoms with Crippen LogP contribution in [-0.4, -0.2) is 50.3 Å². The predicted octanol–water partition coefficient (Wildman–Crippen LogP) is 2.40. The minimum absolute atomic E-state index is 0.0233. The standard InChI is InChI=1S/C24H32N4O4S/c1-17-5-4-6-20(15-17)16-28-13-11-22(12-14-28)26-24(30)18(2)27-33(31,32)23-9-7-21(8-10-23)25-19(3)29/h4-10,15,18,22,27H,11-14,16H2,1-3H3,(H,25,29)(H,26,30)/t18-/m0/s1. The second-order valence-corrected chi connectivity index (χ2v) is 10.3. The molecule has 3 N–H and O–H groups in total. The fraction of sp³-hybridized carbons (Fsp3) is 0.417. The Labute approximate surface area is 195 Å². The van der Waals surface area contributed by atoms with Gasteiger partial charge in [-0.05, 0) is 56.5 Å². The van der Waals surface area contributed by atoms with Crippen LogP contribution >= 0.6 is 0 Å². The van der Waals surface area contributed by atoms with Crippen LogP contribution in [0.4, 0.5) is 5.69 Å². The van der Waals surface area contributed by atoms with Crippen molar-refractivity contribution in [1.82, 2.24) is 14.9 Å². The molecule has 0 radical (unpaired) electrons. The maximum absolute atomic E-state index is 12.6. The molecule has 3 rings (SSSR count). The first kappa shape index (κ1) is 24.9. The summed E-state index contributed by atoms with van der Waals surface area (Å²) in [5.74, 6) is -0.583. The minimum Gasteiger partial charge on any atom is -0.352 e. The summed E-state index contributed by atoms with van der Waals surface area (Å²) in [6, 6.07) is 13.4. The zero-order valence-electron chi connectivity index (χ0n) is 19.3. The van der Waals surface area contributed by atoms with Gasteiger partial charge in [-0.1, -0.05) is 29.8 Å². The third-order valence-electron chi connectivity index (χ3n) is 5.63. The van der Waals surface area contributed by atoms with Crippen molar-refractivity contribution in [3.63, 3.8) is 0 Å². The van der Waals surface area contributed by atoms with Crippen molar-refractivity contribution in [2.45, 2.75) is 57.1 Å². The second kappa shape index (κ2) is 10.9. The summed E-state index contributed by atoms with van der Waals surface area (Å²) in [4.78, 5) is 26.1. The maximum Gasteiger partial charge on any atom is 0.241 e. The highest BCUT2D eigenvalue weighted by atomic mass is 32.2. The van der Waals surface area contributed by atoms with Crippen LogP contribution in [0.3, 0.4) is 0 Å². The molecule has 0 unspecified atom stereocenters. The Hall–Kier alpha value is -2.75. The summed E-state index contributed by atoms with van der Waals surface area (Å²) >= 11 is 0. The summed E-state index contributed by atoms with van der Waals surface area (Å²) in [7, 11) is -3.87. The number of likely N-dealkylation sites (tertiary alicyclic amines) is 1. The highest BCUT2D eigenvalue weighted by Gasteiger charge is 2.26. The number of carbonyl (C=O) groups is 2. The molecule has 0 spiro atoms. The molecular formula is C24H32N4O4S. The van der Waals surface area contributed by atoms with E-state index < -0.39 is 16.1 Å². The Morgan fingerprint density at radius 1 is 1.09 bits per heavy atom. The van der Waals surface area contributed by atoms with Gasteiger partial charge in [-0.2, -0.15) is 4.72 Å². The Kier molecular flexibility index (Phi) is 8.23. The van der Waals surface area contributed by atoms with Crippen LogP contribution in [0, 0.1) is 6.92 Å². The van der Waals surface area contributed by atoms with E-state index in [4.69, 9.17) is 0 Å². The van der Waals surface area contributed by atoms with E-state index in [-0.39, 0.29) is 22.8 Å². The molecule has 1 heterocycles. The van der Waals surface area contributed by atoms with Crippen molar-refractivity contribution in [1.29, 1.82) is 0 Å². The molecule has 0 bridgehead atoms. The third-order valence-corrected chi connectivity index (χ3v) is 7.19. The number of amides is 2. The normalized spacial score (nSPS) is 16.2. The Morgan fingerprint density at radius 2 is 1.76 bits per heavy atom. The zero-order valence-corrected chi connectivity index (χ0v) is 20.1. The average molecular weight is 473 g/mol. The van der Waals surface area contributed by atoms with Gasteiger partial charge in [0.15, 0.2) is 0 Å². The molecule has 1 atom stereocenters. The van der Waals surface area contributed by atoms with E-state index in [1.165, 1.54) is 49.2 Å². The Balaban J connectivity index is 1.47. The van der Waals surface area contributed by atoms with Crippen molar-refractivity contribution in [3.8, 4) is 0 Å². The molecule has 1 aliphatic heterocycles. The van der Waals surface area contributed by atoms with E-state index in [0.717, 1.165) is 32.5 Å². The SMILES string of the molecule is CC(=O)Nc1ccc(S(=O)(=O)N[C@@H](C)C(=O)NC2CCN(Cc3cccc(C)c3)CC2)cc1. The minimum atomic E-state index is -3.87. The molecule has 0 saturated carbocycles. The molecule has 0 aliphatic carbocycles. The quantitative estimate of drug-likeness (QED) is 0.547. The number of carbonyl (C=O) groups excluding carboxylic acids is 2. The molecule has 8 nitrogen and oxygen atoms in total. The predicted molar refractivity (Wildman–Crippen MR) is 128 cm³/mol. The van der Waals surface area contributed by atoms with Crippen LogP contribution in [0.5, 0.6) is 0 Å². The largest absolute Gasteiger partial charge is 0.352 e. The van der Waals surface area contributed by atoms with Gasteiger partial charge in [0.1, 0.15) is 0 Å². The summed E-state index contributed by atoms with van der Waals surface area (Å²) < 4.78 is 27.7. The number of rotatable bonds is 8. The number of sulfonamides is 1. The van der Waals surface area contributed by atoms with Crippen LogP contribution in [0.1, 0.15) is 37.8 Å². The summed E-state index contributed by atoms with van der Waals surface area (Å²) in [6.45, 7) is 7.63. The lowest BCUT2D eigenvalue weighted by Crippen LogP contribution is -2.50. The molecule has 2 aromatic rings. The van der Waals surface area contributed by atoms with Gasteiger partial charge < -0.3 is 10.6 Å². The van der Waals surface area contributed by atoms with Gasteiger partial charge in [-0.15, -0.1) is 0 Å². The molecule has 1 fully saturated rings. The van der Waals surface area contributed by atoms with Gasteiger partial charge in [0, 0.05) is 38.3 Å². The number of nitrogens with zero attached hydrogens (tertiary/aromatic N) is 1. The Morgan fingerprint density at radius 3 is 2.36 bits per heavy atom. The van der Waals surface area contributed by atoms with Gasteiger partial charge in [0.05, 0.1) is 10.9 Å². The smallest absolute Gasteiger partial charge is 0.241 e. The Bertz CT molecular complexity index is 1080. The number of nitrogens with one attached hydrogen (secondary N) is 3. The van der Waals surface area contributed by atoms with Crippen molar-refractivity contribution in [3.05, 3.63) is 59.7 Å². The van der Waals surface area contributed by atoms with Crippen molar-refractivity contribution < 1.29 is 18.0 Å². The topological polar surface area (TPSA) is 108 Å². The number of hydrogen-bond donors (Lipinski definition) is 3. The number of anilines is 1. The molecule has 33 heavy (non-hydrogen) atoms. The van der Waals surface area contributed by atoms with Gasteiger partial charge in [-0.25, -0.2) is 8.42 Å². The molecule has 2 aromatic carbocycles.